The second kappa shape index (κ2) is 10.8. The van der Waals surface area contributed by atoms with Gasteiger partial charge in [0.1, 0.15) is 16.2 Å². The van der Waals surface area contributed by atoms with Crippen LogP contribution in [0, 0.1) is 6.92 Å². The fraction of sp³-hybridized carbons (Fsp3) is 0.333. The summed E-state index contributed by atoms with van der Waals surface area (Å²) in [5.74, 6) is 0.810. The van der Waals surface area contributed by atoms with Crippen LogP contribution in [-0.4, -0.2) is 59.4 Å². The van der Waals surface area contributed by atoms with Crippen LogP contribution in [0.15, 0.2) is 59.8 Å². The van der Waals surface area contributed by atoms with E-state index in [-0.39, 0.29) is 15.7 Å². The van der Waals surface area contributed by atoms with Gasteiger partial charge in [-0.3, -0.25) is 4.72 Å². The number of hydrogen-bond donors (Lipinski definition) is 2. The van der Waals surface area contributed by atoms with Gasteiger partial charge in [0.15, 0.2) is 0 Å². The van der Waals surface area contributed by atoms with Crippen molar-refractivity contribution in [3.63, 3.8) is 0 Å². The molecule has 3 heterocycles. The highest BCUT2D eigenvalue weighted by Gasteiger charge is 2.23. The maximum atomic E-state index is 12.7. The lowest BCUT2D eigenvalue weighted by Gasteiger charge is -2.32. The fourth-order valence-electron chi connectivity index (χ4n) is 4.78. The van der Waals surface area contributed by atoms with Gasteiger partial charge in [-0.2, -0.15) is 0 Å². The number of halogens is 1. The van der Waals surface area contributed by atoms with Gasteiger partial charge in [0, 0.05) is 23.8 Å². The number of anilines is 2. The van der Waals surface area contributed by atoms with E-state index in [0.29, 0.717) is 29.2 Å². The first-order valence-electron chi connectivity index (χ1n) is 12.5. The summed E-state index contributed by atoms with van der Waals surface area (Å²) < 4.78 is 27.9. The molecule has 1 fully saturated rings. The average molecular weight is 552 g/mol. The number of nitrogens with one attached hydrogen (secondary N) is 2. The zero-order chi connectivity index (χ0) is 26.9. The third kappa shape index (κ3) is 5.72. The molecule has 11 heteroatoms. The van der Waals surface area contributed by atoms with Crippen LogP contribution >= 0.6 is 11.6 Å². The lowest BCUT2D eigenvalue weighted by atomic mass is 9.91. The number of benzene rings is 1. The van der Waals surface area contributed by atoms with Crippen molar-refractivity contribution in [1.82, 2.24) is 24.8 Å². The highest BCUT2D eigenvalue weighted by atomic mass is 35.5. The molecule has 1 aliphatic carbocycles. The molecular weight excluding hydrogens is 522 g/mol. The monoisotopic (exact) mass is 551 g/mol. The molecule has 1 aromatic carbocycles. The van der Waals surface area contributed by atoms with Gasteiger partial charge < -0.3 is 10.2 Å². The van der Waals surface area contributed by atoms with Crippen molar-refractivity contribution in [2.45, 2.75) is 49.6 Å². The van der Waals surface area contributed by atoms with Crippen molar-refractivity contribution >= 4 is 44.4 Å². The quantitative estimate of drug-likeness (QED) is 0.325. The van der Waals surface area contributed by atoms with Crippen LogP contribution < -0.4 is 10.0 Å². The molecule has 5 rings (SSSR count). The van der Waals surface area contributed by atoms with Gasteiger partial charge in [0.25, 0.3) is 10.0 Å². The highest BCUT2D eigenvalue weighted by Crippen LogP contribution is 2.27. The Morgan fingerprint density at radius 1 is 0.974 bits per heavy atom. The molecule has 3 aromatic heterocycles. The predicted molar refractivity (Wildman–Crippen MR) is 151 cm³/mol. The minimum Gasteiger partial charge on any atom is -0.351 e. The van der Waals surface area contributed by atoms with Crippen molar-refractivity contribution in [3.05, 3.63) is 65.4 Å². The highest BCUT2D eigenvalue weighted by molar-refractivity contribution is 7.92. The molecule has 38 heavy (non-hydrogen) atoms. The molecule has 9 nitrogen and oxygen atoms in total. The molecule has 0 saturated heterocycles. The normalized spacial score (nSPS) is 18.0. The molecule has 0 unspecified atom stereocenters. The Kier molecular flexibility index (Phi) is 7.47. The summed E-state index contributed by atoms with van der Waals surface area (Å²) in [6.45, 7) is 1.99. The van der Waals surface area contributed by atoms with E-state index in [1.54, 1.807) is 36.7 Å². The van der Waals surface area contributed by atoms with Gasteiger partial charge in [-0.05, 0) is 82.6 Å². The second-order valence-corrected chi connectivity index (χ2v) is 11.9. The van der Waals surface area contributed by atoms with Crippen molar-refractivity contribution in [1.29, 1.82) is 0 Å². The van der Waals surface area contributed by atoms with Crippen LogP contribution in [0.4, 0.5) is 11.8 Å². The summed E-state index contributed by atoms with van der Waals surface area (Å²) >= 11 is 6.05. The van der Waals surface area contributed by atoms with Crippen LogP contribution in [0.1, 0.15) is 31.2 Å². The van der Waals surface area contributed by atoms with E-state index < -0.39 is 10.0 Å². The number of hydrogen-bond acceptors (Lipinski definition) is 8. The Balaban J connectivity index is 1.31. The van der Waals surface area contributed by atoms with E-state index in [0.717, 1.165) is 42.3 Å². The van der Waals surface area contributed by atoms with Crippen LogP contribution in [-0.2, 0) is 10.0 Å². The number of aryl methyl sites for hydroxylation is 1. The standard InChI is InChI=1S/C27H30ClN7O2S/c1-17-14-22(18-8-13-25(29-15-18)34-38(36,37)24-7-5-4-6-21(24)28)32-23-16-30-27(33-26(17)23)31-19-9-11-20(12-10-19)35(2)3/h4-8,13-16,19-20H,9-12H2,1-3H3,(H,29,34)(H,30,31,33)/t19-,20-. The van der Waals surface area contributed by atoms with Gasteiger partial charge in [-0.25, -0.2) is 28.4 Å². The summed E-state index contributed by atoms with van der Waals surface area (Å²) in [5, 5.41) is 3.65. The van der Waals surface area contributed by atoms with Gasteiger partial charge in [-0.1, -0.05) is 23.7 Å². The molecule has 1 saturated carbocycles. The van der Waals surface area contributed by atoms with Crippen LogP contribution in [0.5, 0.6) is 0 Å². The Morgan fingerprint density at radius 3 is 2.42 bits per heavy atom. The van der Waals surface area contributed by atoms with Crippen molar-refractivity contribution in [2.24, 2.45) is 0 Å². The zero-order valence-electron chi connectivity index (χ0n) is 21.5. The third-order valence-electron chi connectivity index (χ3n) is 6.92. The maximum Gasteiger partial charge on any atom is 0.264 e. The first kappa shape index (κ1) is 26.3. The number of aromatic nitrogens is 4. The number of pyridine rings is 2. The van der Waals surface area contributed by atoms with E-state index in [4.69, 9.17) is 21.6 Å². The van der Waals surface area contributed by atoms with E-state index in [2.05, 4.69) is 39.0 Å². The lowest BCUT2D eigenvalue weighted by molar-refractivity contribution is 0.221. The average Bonchev–Trinajstić information content (AvgIpc) is 2.89. The van der Waals surface area contributed by atoms with Crippen LogP contribution in [0.2, 0.25) is 5.02 Å². The van der Waals surface area contributed by atoms with Gasteiger partial charge >= 0.3 is 0 Å². The Bertz CT molecular complexity index is 1550. The van der Waals surface area contributed by atoms with E-state index in [1.807, 2.05) is 13.0 Å². The van der Waals surface area contributed by atoms with Gasteiger partial charge in [-0.15, -0.1) is 0 Å². The summed E-state index contributed by atoms with van der Waals surface area (Å²) in [7, 11) is 0.420. The molecule has 0 aliphatic heterocycles. The van der Waals surface area contributed by atoms with Crippen molar-refractivity contribution < 1.29 is 8.42 Å². The minimum absolute atomic E-state index is 0.00512. The number of rotatable bonds is 7. The molecule has 2 N–H and O–H groups in total. The lowest BCUT2D eigenvalue weighted by Crippen LogP contribution is -2.36. The Hall–Kier alpha value is -3.34. The smallest absolute Gasteiger partial charge is 0.264 e. The minimum atomic E-state index is -3.86. The largest absolute Gasteiger partial charge is 0.351 e. The second-order valence-electron chi connectivity index (χ2n) is 9.83. The molecule has 0 radical (unpaired) electrons. The van der Waals surface area contributed by atoms with E-state index in [9.17, 15) is 8.42 Å². The maximum absolute atomic E-state index is 12.7. The van der Waals surface area contributed by atoms with Crippen LogP contribution in [0.3, 0.4) is 0 Å². The summed E-state index contributed by atoms with van der Waals surface area (Å²) in [4.78, 5) is 20.6. The SMILES string of the molecule is Cc1cc(-c2ccc(NS(=O)(=O)c3ccccc3Cl)nc2)nc2cnc(N[C@H]3CC[C@H](N(C)C)CC3)nc12. The molecule has 0 amide bonds. The number of fused-ring (bicyclic) bond motifs is 1. The first-order valence-corrected chi connectivity index (χ1v) is 14.4. The van der Waals surface area contributed by atoms with E-state index >= 15 is 0 Å². The third-order valence-corrected chi connectivity index (χ3v) is 8.78. The van der Waals surface area contributed by atoms with Crippen LogP contribution in [0.25, 0.3) is 22.3 Å². The molecular formula is C27H30ClN7O2S. The van der Waals surface area contributed by atoms with E-state index in [1.165, 1.54) is 12.1 Å². The summed E-state index contributed by atoms with van der Waals surface area (Å²) in [6.07, 6.45) is 7.84. The molecule has 1 aliphatic rings. The topological polar surface area (TPSA) is 113 Å². The van der Waals surface area contributed by atoms with Gasteiger partial charge in [0.05, 0.1) is 22.4 Å². The first-order chi connectivity index (χ1) is 18.2. The zero-order valence-corrected chi connectivity index (χ0v) is 23.1. The van der Waals surface area contributed by atoms with Crippen molar-refractivity contribution in [2.75, 3.05) is 24.1 Å². The molecule has 198 valence electrons. The van der Waals surface area contributed by atoms with Crippen molar-refractivity contribution in [3.8, 4) is 11.3 Å². The molecule has 0 atom stereocenters. The number of sulfonamides is 1. The summed E-state index contributed by atoms with van der Waals surface area (Å²) in [5.41, 5.74) is 3.90. The number of nitrogens with zero attached hydrogens (tertiary/aromatic N) is 5. The Morgan fingerprint density at radius 2 is 1.74 bits per heavy atom. The molecule has 4 aromatic rings. The van der Waals surface area contributed by atoms with Gasteiger partial charge in [0.2, 0.25) is 5.95 Å². The predicted octanol–water partition coefficient (Wildman–Crippen LogP) is 5.13. The fourth-order valence-corrected chi connectivity index (χ4v) is 6.31. The summed E-state index contributed by atoms with van der Waals surface area (Å²) in [6, 6.07) is 12.6. The Labute approximate surface area is 227 Å². The molecule has 0 spiro atoms. The molecule has 0 bridgehead atoms.